The van der Waals surface area contributed by atoms with E-state index in [-0.39, 0.29) is 24.5 Å². The molecule has 0 radical (unpaired) electrons. The first-order chi connectivity index (χ1) is 13.0. The lowest BCUT2D eigenvalue weighted by Gasteiger charge is -2.13. The van der Waals surface area contributed by atoms with E-state index in [1.807, 2.05) is 49.7 Å². The number of benzene rings is 2. The zero-order chi connectivity index (χ0) is 19.4. The molecule has 140 valence electrons. The highest BCUT2D eigenvalue weighted by atomic mass is 16.2. The Labute approximate surface area is 157 Å². The lowest BCUT2D eigenvalue weighted by molar-refractivity contribution is 0.0950. The van der Waals surface area contributed by atoms with Gasteiger partial charge in [0.25, 0.3) is 5.91 Å². The standard InChI is InChI=1S/C20H23N5O2/c1-13(2)22-20(27)24-15-9-5-4-8-14(15)19(26)21-12-18-23-16-10-6-7-11-17(16)25(18)3/h4-11,13H,12H2,1-3H3,(H,21,26)(H2,22,24,27). The van der Waals surface area contributed by atoms with Crippen molar-refractivity contribution < 1.29 is 9.59 Å². The highest BCUT2D eigenvalue weighted by Crippen LogP contribution is 2.16. The fraction of sp³-hybridized carbons (Fsp3) is 0.250. The molecule has 3 N–H and O–H groups in total. The van der Waals surface area contributed by atoms with Gasteiger partial charge in [-0.25, -0.2) is 9.78 Å². The van der Waals surface area contributed by atoms with E-state index in [0.717, 1.165) is 16.9 Å². The lowest BCUT2D eigenvalue weighted by Crippen LogP contribution is -2.35. The average molecular weight is 365 g/mol. The van der Waals surface area contributed by atoms with Crippen molar-refractivity contribution in [3.8, 4) is 0 Å². The van der Waals surface area contributed by atoms with Gasteiger partial charge in [0.15, 0.2) is 0 Å². The van der Waals surface area contributed by atoms with Gasteiger partial charge in [-0.2, -0.15) is 0 Å². The van der Waals surface area contributed by atoms with E-state index >= 15 is 0 Å². The van der Waals surface area contributed by atoms with Gasteiger partial charge in [-0.15, -0.1) is 0 Å². The smallest absolute Gasteiger partial charge is 0.319 e. The van der Waals surface area contributed by atoms with Crippen LogP contribution in [0.2, 0.25) is 0 Å². The number of amides is 3. The molecule has 3 rings (SSSR count). The molecular formula is C20H23N5O2. The zero-order valence-electron chi connectivity index (χ0n) is 15.6. The van der Waals surface area contributed by atoms with Crippen LogP contribution in [0.5, 0.6) is 0 Å². The van der Waals surface area contributed by atoms with Gasteiger partial charge >= 0.3 is 6.03 Å². The first kappa shape index (κ1) is 18.4. The molecule has 0 aliphatic carbocycles. The molecule has 0 aliphatic rings. The Bertz CT molecular complexity index is 977. The number of rotatable bonds is 5. The number of carbonyl (C=O) groups is 2. The van der Waals surface area contributed by atoms with Crippen LogP contribution in [-0.2, 0) is 13.6 Å². The van der Waals surface area contributed by atoms with Crippen LogP contribution in [0, 0.1) is 0 Å². The second-order valence-electron chi connectivity index (χ2n) is 6.56. The SMILES string of the molecule is CC(C)NC(=O)Nc1ccccc1C(=O)NCc1nc2ccccc2n1C. The number of nitrogens with one attached hydrogen (secondary N) is 3. The molecule has 1 heterocycles. The fourth-order valence-corrected chi connectivity index (χ4v) is 2.82. The summed E-state index contributed by atoms with van der Waals surface area (Å²) < 4.78 is 1.95. The maximum absolute atomic E-state index is 12.6. The summed E-state index contributed by atoms with van der Waals surface area (Å²) in [5.74, 6) is 0.482. The van der Waals surface area contributed by atoms with Crippen molar-refractivity contribution in [2.24, 2.45) is 7.05 Å². The second kappa shape index (κ2) is 7.90. The van der Waals surface area contributed by atoms with E-state index in [4.69, 9.17) is 0 Å². The average Bonchev–Trinajstić information content (AvgIpc) is 2.96. The molecule has 0 saturated heterocycles. The topological polar surface area (TPSA) is 88.1 Å². The number of para-hydroxylation sites is 3. The number of imidazole rings is 1. The van der Waals surface area contributed by atoms with Gasteiger partial charge in [0, 0.05) is 13.1 Å². The highest BCUT2D eigenvalue weighted by Gasteiger charge is 2.14. The number of urea groups is 1. The van der Waals surface area contributed by atoms with Crippen LogP contribution >= 0.6 is 0 Å². The molecule has 1 aromatic heterocycles. The quantitative estimate of drug-likeness (QED) is 0.649. The molecule has 0 aliphatic heterocycles. The molecule has 7 nitrogen and oxygen atoms in total. The van der Waals surface area contributed by atoms with Crippen molar-refractivity contribution in [3.63, 3.8) is 0 Å². The highest BCUT2D eigenvalue weighted by molar-refractivity contribution is 6.03. The van der Waals surface area contributed by atoms with Crippen molar-refractivity contribution in [1.29, 1.82) is 0 Å². The maximum Gasteiger partial charge on any atom is 0.319 e. The number of nitrogens with zero attached hydrogens (tertiary/aromatic N) is 2. The molecule has 27 heavy (non-hydrogen) atoms. The minimum Gasteiger partial charge on any atom is -0.345 e. The number of carbonyl (C=O) groups excluding carboxylic acids is 2. The van der Waals surface area contributed by atoms with Crippen LogP contribution in [-0.4, -0.2) is 27.5 Å². The van der Waals surface area contributed by atoms with E-state index in [0.29, 0.717) is 11.3 Å². The zero-order valence-corrected chi connectivity index (χ0v) is 15.6. The van der Waals surface area contributed by atoms with Gasteiger partial charge in [0.2, 0.25) is 0 Å². The van der Waals surface area contributed by atoms with Crippen LogP contribution in [0.25, 0.3) is 11.0 Å². The summed E-state index contributed by atoms with van der Waals surface area (Å²) in [6, 6.07) is 14.4. The number of anilines is 1. The summed E-state index contributed by atoms with van der Waals surface area (Å²) >= 11 is 0. The van der Waals surface area contributed by atoms with Crippen molar-refractivity contribution in [1.82, 2.24) is 20.2 Å². The number of fused-ring (bicyclic) bond motifs is 1. The Kier molecular flexibility index (Phi) is 5.40. The Balaban J connectivity index is 1.72. The summed E-state index contributed by atoms with van der Waals surface area (Å²) in [6.45, 7) is 4.03. The van der Waals surface area contributed by atoms with Gasteiger partial charge in [0.05, 0.1) is 28.8 Å². The molecule has 0 spiro atoms. The van der Waals surface area contributed by atoms with Crippen LogP contribution in [0.3, 0.4) is 0 Å². The van der Waals surface area contributed by atoms with Crippen molar-refractivity contribution in [2.45, 2.75) is 26.4 Å². The van der Waals surface area contributed by atoms with Crippen molar-refractivity contribution >= 4 is 28.7 Å². The van der Waals surface area contributed by atoms with E-state index in [1.54, 1.807) is 24.3 Å². The maximum atomic E-state index is 12.6. The van der Waals surface area contributed by atoms with E-state index in [9.17, 15) is 9.59 Å². The predicted octanol–water partition coefficient (Wildman–Crippen LogP) is 3.03. The van der Waals surface area contributed by atoms with E-state index in [1.165, 1.54) is 0 Å². The van der Waals surface area contributed by atoms with Gasteiger partial charge in [-0.05, 0) is 38.1 Å². The van der Waals surface area contributed by atoms with Crippen LogP contribution in [0.1, 0.15) is 30.0 Å². The molecule has 3 aromatic rings. The number of aryl methyl sites for hydroxylation is 1. The van der Waals surface area contributed by atoms with Gasteiger partial charge in [0.1, 0.15) is 5.82 Å². The molecule has 7 heteroatoms. The summed E-state index contributed by atoms with van der Waals surface area (Å²) in [7, 11) is 1.92. The molecule has 0 unspecified atom stereocenters. The lowest BCUT2D eigenvalue weighted by atomic mass is 10.1. The van der Waals surface area contributed by atoms with E-state index in [2.05, 4.69) is 20.9 Å². The number of hydrogen-bond acceptors (Lipinski definition) is 3. The van der Waals surface area contributed by atoms with Crippen LogP contribution < -0.4 is 16.0 Å². The first-order valence-corrected chi connectivity index (χ1v) is 8.81. The summed E-state index contributed by atoms with van der Waals surface area (Å²) in [6.07, 6.45) is 0. The predicted molar refractivity (Wildman–Crippen MR) is 106 cm³/mol. The monoisotopic (exact) mass is 365 g/mol. The molecule has 0 saturated carbocycles. The van der Waals surface area contributed by atoms with Gasteiger partial charge in [-0.1, -0.05) is 24.3 Å². The largest absolute Gasteiger partial charge is 0.345 e. The minimum absolute atomic E-state index is 0.00327. The molecule has 3 amide bonds. The van der Waals surface area contributed by atoms with Crippen LogP contribution in [0.4, 0.5) is 10.5 Å². The third-order valence-electron chi connectivity index (χ3n) is 4.13. The summed E-state index contributed by atoms with van der Waals surface area (Å²) in [4.78, 5) is 29.2. The Hall–Kier alpha value is -3.35. The van der Waals surface area contributed by atoms with Gasteiger partial charge in [-0.3, -0.25) is 4.79 Å². The molecule has 2 aromatic carbocycles. The Morgan fingerprint density at radius 2 is 1.78 bits per heavy atom. The summed E-state index contributed by atoms with van der Waals surface area (Å²) in [5.41, 5.74) is 2.75. The third-order valence-corrected chi connectivity index (χ3v) is 4.13. The number of hydrogen-bond donors (Lipinski definition) is 3. The van der Waals surface area contributed by atoms with E-state index < -0.39 is 0 Å². The fourth-order valence-electron chi connectivity index (χ4n) is 2.82. The molecular weight excluding hydrogens is 342 g/mol. The Morgan fingerprint density at radius 1 is 1.07 bits per heavy atom. The molecule has 0 bridgehead atoms. The second-order valence-corrected chi connectivity index (χ2v) is 6.56. The molecule has 0 atom stereocenters. The van der Waals surface area contributed by atoms with Crippen molar-refractivity contribution in [3.05, 3.63) is 59.9 Å². The first-order valence-electron chi connectivity index (χ1n) is 8.81. The summed E-state index contributed by atoms with van der Waals surface area (Å²) in [5, 5.41) is 8.34. The third kappa shape index (κ3) is 4.25. The van der Waals surface area contributed by atoms with Crippen molar-refractivity contribution in [2.75, 3.05) is 5.32 Å². The Morgan fingerprint density at radius 3 is 2.52 bits per heavy atom. The van der Waals surface area contributed by atoms with Gasteiger partial charge < -0.3 is 20.5 Å². The number of aromatic nitrogens is 2. The minimum atomic E-state index is -0.347. The molecule has 0 fully saturated rings. The normalized spacial score (nSPS) is 10.8. The van der Waals surface area contributed by atoms with Crippen LogP contribution in [0.15, 0.2) is 48.5 Å².